The summed E-state index contributed by atoms with van der Waals surface area (Å²) in [5.74, 6) is -3.32. The van der Waals surface area contributed by atoms with E-state index < -0.39 is 39.8 Å². The summed E-state index contributed by atoms with van der Waals surface area (Å²) >= 11 is 0. The second kappa shape index (κ2) is 13.4. The van der Waals surface area contributed by atoms with Crippen molar-refractivity contribution >= 4 is 27.6 Å². The quantitative estimate of drug-likeness (QED) is 0.316. The molecule has 1 heterocycles. The third kappa shape index (κ3) is 9.56. The maximum atomic E-state index is 12.8. The molecule has 1 aliphatic heterocycles. The van der Waals surface area contributed by atoms with Gasteiger partial charge in [0.2, 0.25) is 10.0 Å². The fourth-order valence-electron chi connectivity index (χ4n) is 3.93. The molecular weight excluding hydrogens is 592 g/mol. The van der Waals surface area contributed by atoms with Crippen LogP contribution in [0.15, 0.2) is 83.8 Å². The highest BCUT2D eigenvalue weighted by Crippen LogP contribution is 2.30. The average molecular weight is 618 g/mol. The van der Waals surface area contributed by atoms with Crippen molar-refractivity contribution in [3.63, 3.8) is 0 Å². The lowest BCUT2D eigenvalue weighted by Crippen LogP contribution is -2.37. The lowest BCUT2D eigenvalue weighted by atomic mass is 10.2. The van der Waals surface area contributed by atoms with Gasteiger partial charge < -0.3 is 10.4 Å². The normalized spacial score (nSPS) is 15.9. The number of halogens is 6. The minimum atomic E-state index is -5.08. The second-order valence-electron chi connectivity index (χ2n) is 9.18. The Balaban J connectivity index is 0.000000616. The summed E-state index contributed by atoms with van der Waals surface area (Å²) in [4.78, 5) is 23.5. The Morgan fingerprint density at radius 1 is 0.881 bits per heavy atom. The number of carbonyl (C=O) groups is 2. The number of carbonyl (C=O) groups excluding carboxylic acids is 1. The number of anilines is 1. The van der Waals surface area contributed by atoms with Gasteiger partial charge in [0.15, 0.2) is 0 Å². The molecule has 0 aromatic heterocycles. The lowest BCUT2D eigenvalue weighted by molar-refractivity contribution is -0.192. The average Bonchev–Trinajstić information content (AvgIpc) is 3.34. The Morgan fingerprint density at radius 2 is 1.45 bits per heavy atom. The van der Waals surface area contributed by atoms with Gasteiger partial charge in [-0.2, -0.15) is 26.3 Å². The first-order valence-corrected chi connectivity index (χ1v) is 13.7. The van der Waals surface area contributed by atoms with Crippen LogP contribution in [0.4, 0.5) is 32.0 Å². The van der Waals surface area contributed by atoms with Crippen molar-refractivity contribution in [2.75, 3.05) is 18.4 Å². The zero-order valence-electron chi connectivity index (χ0n) is 21.6. The predicted octanol–water partition coefficient (Wildman–Crippen LogP) is 5.14. The Bertz CT molecular complexity index is 1460. The third-order valence-corrected chi connectivity index (χ3v) is 7.52. The molecule has 0 saturated carbocycles. The highest BCUT2D eigenvalue weighted by molar-refractivity contribution is 7.89. The molecule has 3 aromatic carbocycles. The van der Waals surface area contributed by atoms with Crippen LogP contribution < -0.4 is 10.0 Å². The van der Waals surface area contributed by atoms with Crippen LogP contribution in [0.2, 0.25) is 0 Å². The van der Waals surface area contributed by atoms with Crippen LogP contribution >= 0.6 is 0 Å². The molecule has 42 heavy (non-hydrogen) atoms. The lowest BCUT2D eigenvalue weighted by Gasteiger charge is -2.17. The van der Waals surface area contributed by atoms with E-state index in [-0.39, 0.29) is 22.2 Å². The van der Waals surface area contributed by atoms with Crippen molar-refractivity contribution in [2.45, 2.75) is 36.3 Å². The number of aliphatic carboxylic acids is 1. The SMILES string of the molecule is O=C(Nc1ccc(C(F)(F)F)cc1)c1ccc(S(=O)(=O)NC2CCN(Cc3ccccc3)C2)cc1.O=C(O)C(F)(F)F. The summed E-state index contributed by atoms with van der Waals surface area (Å²) in [6.45, 7) is 2.13. The number of hydrogen-bond donors (Lipinski definition) is 3. The Kier molecular flexibility index (Phi) is 10.4. The van der Waals surface area contributed by atoms with Crippen LogP contribution in [-0.2, 0) is 27.5 Å². The molecule has 1 fully saturated rings. The van der Waals surface area contributed by atoms with E-state index in [4.69, 9.17) is 9.90 Å². The number of sulfonamides is 1. The van der Waals surface area contributed by atoms with Gasteiger partial charge in [0.05, 0.1) is 10.5 Å². The Hall–Kier alpha value is -3.95. The number of rotatable bonds is 7. The van der Waals surface area contributed by atoms with Gasteiger partial charge in [-0.1, -0.05) is 30.3 Å². The van der Waals surface area contributed by atoms with Gasteiger partial charge in [-0.25, -0.2) is 17.9 Å². The molecule has 0 aliphatic carbocycles. The number of benzene rings is 3. The third-order valence-electron chi connectivity index (χ3n) is 5.98. The van der Waals surface area contributed by atoms with Gasteiger partial charge in [0.25, 0.3) is 5.91 Å². The van der Waals surface area contributed by atoms with Crippen LogP contribution in [-0.4, -0.2) is 55.6 Å². The van der Waals surface area contributed by atoms with Gasteiger partial charge in [0.1, 0.15) is 0 Å². The number of alkyl halides is 6. The first kappa shape index (κ1) is 32.6. The van der Waals surface area contributed by atoms with Crippen molar-refractivity contribution in [3.8, 4) is 0 Å². The minimum absolute atomic E-state index is 0.0325. The number of likely N-dealkylation sites (tertiary alicyclic amines) is 1. The first-order chi connectivity index (χ1) is 19.5. The molecule has 4 rings (SSSR count). The smallest absolute Gasteiger partial charge is 0.475 e. The minimum Gasteiger partial charge on any atom is -0.475 e. The van der Waals surface area contributed by atoms with Gasteiger partial charge in [0, 0.05) is 36.9 Å². The second-order valence-corrected chi connectivity index (χ2v) is 10.9. The molecule has 0 radical (unpaired) electrons. The number of amides is 1. The topological polar surface area (TPSA) is 116 Å². The first-order valence-electron chi connectivity index (χ1n) is 12.2. The van der Waals surface area contributed by atoms with Crippen LogP contribution in [0.5, 0.6) is 0 Å². The van der Waals surface area contributed by atoms with Crippen molar-refractivity contribution in [1.82, 2.24) is 9.62 Å². The van der Waals surface area contributed by atoms with Gasteiger partial charge in [-0.15, -0.1) is 0 Å². The molecule has 0 bridgehead atoms. The highest BCUT2D eigenvalue weighted by atomic mass is 32.2. The number of hydrogen-bond acceptors (Lipinski definition) is 5. The van der Waals surface area contributed by atoms with Crippen LogP contribution in [0.3, 0.4) is 0 Å². The van der Waals surface area contributed by atoms with Gasteiger partial charge in [-0.3, -0.25) is 9.69 Å². The van der Waals surface area contributed by atoms with Crippen LogP contribution in [0.1, 0.15) is 27.9 Å². The number of carboxylic acids is 1. The van der Waals surface area contributed by atoms with Crippen LogP contribution in [0.25, 0.3) is 0 Å². The molecule has 1 atom stereocenters. The fourth-order valence-corrected chi connectivity index (χ4v) is 5.19. The van der Waals surface area contributed by atoms with E-state index in [9.17, 15) is 39.6 Å². The summed E-state index contributed by atoms with van der Waals surface area (Å²) in [7, 11) is -3.77. The molecule has 1 aliphatic rings. The van der Waals surface area contributed by atoms with E-state index in [0.29, 0.717) is 13.0 Å². The van der Waals surface area contributed by atoms with Crippen molar-refractivity contribution in [3.05, 3.63) is 95.6 Å². The Morgan fingerprint density at radius 3 is 1.98 bits per heavy atom. The largest absolute Gasteiger partial charge is 0.490 e. The fraction of sp³-hybridized carbons (Fsp3) is 0.259. The van der Waals surface area contributed by atoms with E-state index in [2.05, 4.69) is 14.9 Å². The van der Waals surface area contributed by atoms with E-state index in [1.54, 1.807) is 0 Å². The summed E-state index contributed by atoms with van der Waals surface area (Å²) in [6.07, 6.45) is -8.85. The molecule has 1 unspecified atom stereocenters. The molecule has 3 aromatic rings. The van der Waals surface area contributed by atoms with Gasteiger partial charge >= 0.3 is 18.3 Å². The summed E-state index contributed by atoms with van der Waals surface area (Å²) in [5, 5.41) is 9.63. The number of carboxylic acid groups (broad SMARTS) is 1. The van der Waals surface area contributed by atoms with Crippen molar-refractivity contribution < 1.29 is 49.5 Å². The number of nitrogens with one attached hydrogen (secondary N) is 2. The monoisotopic (exact) mass is 617 g/mol. The highest BCUT2D eigenvalue weighted by Gasteiger charge is 2.38. The maximum absolute atomic E-state index is 12.8. The standard InChI is InChI=1S/C25H24F3N3O3S.C2HF3O2/c26-25(27,28)20-8-10-21(11-9-20)29-24(32)19-6-12-23(13-7-19)35(33,34)30-22-14-15-31(17-22)16-18-4-2-1-3-5-18;3-2(4,5)1(6)7/h1-13,22,30H,14-17H2,(H,29,32);(H,6,7). The van der Waals surface area contributed by atoms with E-state index in [1.807, 2.05) is 30.3 Å². The van der Waals surface area contributed by atoms with Gasteiger partial charge in [-0.05, 0) is 60.5 Å². The van der Waals surface area contributed by atoms with E-state index >= 15 is 0 Å². The molecule has 226 valence electrons. The predicted molar refractivity (Wildman–Crippen MR) is 140 cm³/mol. The molecule has 1 amide bonds. The van der Waals surface area contributed by atoms with E-state index in [1.165, 1.54) is 29.8 Å². The molecule has 1 saturated heterocycles. The molecular formula is C27H25F6N3O5S. The van der Waals surface area contributed by atoms with Crippen LogP contribution in [0, 0.1) is 0 Å². The van der Waals surface area contributed by atoms with Crippen molar-refractivity contribution in [1.29, 1.82) is 0 Å². The Labute approximate surface area is 237 Å². The zero-order chi connectivity index (χ0) is 31.1. The van der Waals surface area contributed by atoms with E-state index in [0.717, 1.165) is 37.4 Å². The summed E-state index contributed by atoms with van der Waals surface area (Å²) in [6, 6.07) is 19.2. The molecule has 8 nitrogen and oxygen atoms in total. The maximum Gasteiger partial charge on any atom is 0.490 e. The molecule has 0 spiro atoms. The molecule has 3 N–H and O–H groups in total. The van der Waals surface area contributed by atoms with Crippen molar-refractivity contribution in [2.24, 2.45) is 0 Å². The zero-order valence-corrected chi connectivity index (χ0v) is 22.4. The molecule has 15 heteroatoms. The number of nitrogens with zero attached hydrogens (tertiary/aromatic N) is 1. The summed E-state index contributed by atoms with van der Waals surface area (Å²) < 4.78 is 98.1. The summed E-state index contributed by atoms with van der Waals surface area (Å²) in [5.41, 5.74) is 0.727.